The van der Waals surface area contributed by atoms with Gasteiger partial charge >= 0.3 is 5.97 Å². The Balaban J connectivity index is 1.68. The quantitative estimate of drug-likeness (QED) is 0.799. The summed E-state index contributed by atoms with van der Waals surface area (Å²) in [5.74, 6) is 0.886. The molecule has 1 atom stereocenters. The first-order valence-electron chi connectivity index (χ1n) is 7.63. The fraction of sp³-hybridized carbons (Fsp3) is 0.933. The zero-order chi connectivity index (χ0) is 14.0. The number of carboxylic acid groups (broad SMARTS) is 1. The van der Waals surface area contributed by atoms with Crippen LogP contribution in [0.2, 0.25) is 0 Å². The van der Waals surface area contributed by atoms with Crippen LogP contribution in [0.1, 0.15) is 46.0 Å². The number of nitrogens with two attached hydrogens (primary N) is 1. The second-order valence-corrected chi connectivity index (χ2v) is 6.99. The first-order chi connectivity index (χ1) is 8.92. The number of rotatable bonds is 5. The molecule has 110 valence electrons. The van der Waals surface area contributed by atoms with Crippen molar-refractivity contribution in [2.45, 2.75) is 52.0 Å². The van der Waals surface area contributed by atoms with E-state index in [1.165, 1.54) is 25.7 Å². The third kappa shape index (κ3) is 3.48. The summed E-state index contributed by atoms with van der Waals surface area (Å²) in [6.45, 7) is 7.74. The maximum atomic E-state index is 10.7. The molecule has 19 heavy (non-hydrogen) atoms. The minimum Gasteiger partial charge on any atom is -0.480 e. The monoisotopic (exact) mass is 268 g/mol. The van der Waals surface area contributed by atoms with Gasteiger partial charge in [-0.2, -0.15) is 0 Å². The minimum atomic E-state index is -0.882. The molecule has 3 N–H and O–H groups in total. The van der Waals surface area contributed by atoms with Gasteiger partial charge in [-0.3, -0.25) is 4.79 Å². The van der Waals surface area contributed by atoms with E-state index in [1.54, 1.807) is 0 Å². The van der Waals surface area contributed by atoms with Gasteiger partial charge in [-0.25, -0.2) is 0 Å². The Labute approximate surface area is 116 Å². The van der Waals surface area contributed by atoms with Crippen LogP contribution in [0.4, 0.5) is 0 Å². The maximum Gasteiger partial charge on any atom is 0.320 e. The fourth-order valence-electron chi connectivity index (χ4n) is 3.63. The number of hydrogen-bond acceptors (Lipinski definition) is 3. The van der Waals surface area contributed by atoms with Crippen LogP contribution in [-0.4, -0.2) is 41.7 Å². The molecular formula is C15H28N2O2. The minimum absolute atomic E-state index is 0.566. The van der Waals surface area contributed by atoms with E-state index in [9.17, 15) is 4.79 Å². The van der Waals surface area contributed by atoms with Crippen molar-refractivity contribution < 1.29 is 9.90 Å². The zero-order valence-corrected chi connectivity index (χ0v) is 12.3. The average molecular weight is 268 g/mol. The standard InChI is InChI=1S/C15H28N2O2/c1-11(2)12-9-15(10-12)4-7-17(8-5-15)6-3-13(16)14(18)19/h11-13H,3-10,16H2,1-2H3,(H,18,19). The van der Waals surface area contributed by atoms with E-state index in [0.717, 1.165) is 31.5 Å². The summed E-state index contributed by atoms with van der Waals surface area (Å²) in [7, 11) is 0. The molecule has 1 aliphatic heterocycles. The van der Waals surface area contributed by atoms with E-state index in [-0.39, 0.29) is 0 Å². The number of carbonyl (C=O) groups is 1. The molecule has 1 saturated carbocycles. The van der Waals surface area contributed by atoms with Crippen molar-refractivity contribution in [3.05, 3.63) is 0 Å². The van der Waals surface area contributed by atoms with Crippen LogP contribution in [0.15, 0.2) is 0 Å². The largest absolute Gasteiger partial charge is 0.480 e. The Bertz CT molecular complexity index is 314. The van der Waals surface area contributed by atoms with Gasteiger partial charge in [-0.15, -0.1) is 0 Å². The van der Waals surface area contributed by atoms with Gasteiger partial charge in [0.15, 0.2) is 0 Å². The number of nitrogens with zero attached hydrogens (tertiary/aromatic N) is 1. The van der Waals surface area contributed by atoms with Gasteiger partial charge in [-0.1, -0.05) is 13.8 Å². The average Bonchev–Trinajstić information content (AvgIpc) is 2.33. The van der Waals surface area contributed by atoms with Crippen LogP contribution >= 0.6 is 0 Å². The van der Waals surface area contributed by atoms with Crippen molar-refractivity contribution in [3.8, 4) is 0 Å². The Kier molecular flexibility index (Phi) is 4.51. The molecule has 0 aromatic rings. The Morgan fingerprint density at radius 1 is 1.37 bits per heavy atom. The number of likely N-dealkylation sites (tertiary alicyclic amines) is 1. The fourth-order valence-corrected chi connectivity index (χ4v) is 3.63. The normalized spacial score (nSPS) is 25.5. The number of carboxylic acids is 1. The van der Waals surface area contributed by atoms with E-state index in [1.807, 2.05) is 0 Å². The first-order valence-corrected chi connectivity index (χ1v) is 7.63. The van der Waals surface area contributed by atoms with E-state index in [2.05, 4.69) is 18.7 Å². The van der Waals surface area contributed by atoms with Crippen LogP contribution in [0, 0.1) is 17.3 Å². The summed E-state index contributed by atoms with van der Waals surface area (Å²) < 4.78 is 0. The Morgan fingerprint density at radius 3 is 2.42 bits per heavy atom. The van der Waals surface area contributed by atoms with Gasteiger partial charge in [0.1, 0.15) is 6.04 Å². The highest BCUT2D eigenvalue weighted by molar-refractivity contribution is 5.72. The van der Waals surface area contributed by atoms with Crippen molar-refractivity contribution in [1.29, 1.82) is 0 Å². The van der Waals surface area contributed by atoms with Crippen LogP contribution in [0.5, 0.6) is 0 Å². The van der Waals surface area contributed by atoms with Crippen molar-refractivity contribution in [1.82, 2.24) is 4.90 Å². The van der Waals surface area contributed by atoms with E-state index in [4.69, 9.17) is 10.8 Å². The van der Waals surface area contributed by atoms with E-state index in [0.29, 0.717) is 11.8 Å². The summed E-state index contributed by atoms with van der Waals surface area (Å²) in [6.07, 6.45) is 5.97. The summed E-state index contributed by atoms with van der Waals surface area (Å²) in [5, 5.41) is 8.78. The lowest BCUT2D eigenvalue weighted by molar-refractivity contribution is -0.138. The molecule has 4 nitrogen and oxygen atoms in total. The predicted octanol–water partition coefficient (Wildman–Crippen LogP) is 1.94. The molecule has 0 bridgehead atoms. The molecule has 4 heteroatoms. The summed E-state index contributed by atoms with van der Waals surface area (Å²) in [5.41, 5.74) is 6.17. The van der Waals surface area contributed by atoms with Crippen molar-refractivity contribution in [2.75, 3.05) is 19.6 Å². The highest BCUT2D eigenvalue weighted by Crippen LogP contribution is 2.54. The van der Waals surface area contributed by atoms with E-state index < -0.39 is 12.0 Å². The topological polar surface area (TPSA) is 66.6 Å². The third-order valence-corrected chi connectivity index (χ3v) is 5.32. The van der Waals surface area contributed by atoms with Crippen molar-refractivity contribution in [3.63, 3.8) is 0 Å². The first kappa shape index (κ1) is 14.8. The molecule has 2 rings (SSSR count). The van der Waals surface area contributed by atoms with Crippen LogP contribution in [-0.2, 0) is 4.79 Å². The Hall–Kier alpha value is -0.610. The maximum absolute atomic E-state index is 10.7. The summed E-state index contributed by atoms with van der Waals surface area (Å²) in [4.78, 5) is 13.1. The molecule has 1 heterocycles. The highest BCUT2D eigenvalue weighted by Gasteiger charge is 2.46. The molecule has 0 amide bonds. The van der Waals surface area contributed by atoms with Crippen molar-refractivity contribution >= 4 is 5.97 Å². The molecule has 0 aromatic carbocycles. The van der Waals surface area contributed by atoms with Crippen LogP contribution < -0.4 is 5.73 Å². The molecule has 2 fully saturated rings. The number of hydrogen-bond donors (Lipinski definition) is 2. The highest BCUT2D eigenvalue weighted by atomic mass is 16.4. The number of piperidine rings is 1. The van der Waals surface area contributed by atoms with Crippen LogP contribution in [0.3, 0.4) is 0 Å². The lowest BCUT2D eigenvalue weighted by atomic mass is 9.55. The van der Waals surface area contributed by atoms with Gasteiger partial charge in [0, 0.05) is 6.54 Å². The molecule has 0 radical (unpaired) electrons. The molecule has 1 aliphatic carbocycles. The molecule has 1 saturated heterocycles. The van der Waals surface area contributed by atoms with Gasteiger partial charge in [-0.05, 0) is 62.4 Å². The van der Waals surface area contributed by atoms with E-state index >= 15 is 0 Å². The third-order valence-electron chi connectivity index (χ3n) is 5.32. The molecular weight excluding hydrogens is 240 g/mol. The zero-order valence-electron chi connectivity index (χ0n) is 12.3. The number of aliphatic carboxylic acids is 1. The smallest absolute Gasteiger partial charge is 0.320 e. The predicted molar refractivity (Wildman–Crippen MR) is 75.9 cm³/mol. The lowest BCUT2D eigenvalue weighted by Gasteiger charge is -2.54. The molecule has 1 unspecified atom stereocenters. The van der Waals surface area contributed by atoms with Crippen LogP contribution in [0.25, 0.3) is 0 Å². The second-order valence-electron chi connectivity index (χ2n) is 6.99. The van der Waals surface area contributed by atoms with Gasteiger partial charge < -0.3 is 15.7 Å². The summed E-state index contributed by atoms with van der Waals surface area (Å²) >= 11 is 0. The van der Waals surface area contributed by atoms with Gasteiger partial charge in [0.25, 0.3) is 0 Å². The van der Waals surface area contributed by atoms with Crippen molar-refractivity contribution in [2.24, 2.45) is 23.0 Å². The molecule has 1 spiro atoms. The Morgan fingerprint density at radius 2 is 1.95 bits per heavy atom. The molecule has 2 aliphatic rings. The summed E-state index contributed by atoms with van der Waals surface area (Å²) in [6, 6.07) is -0.704. The second kappa shape index (κ2) is 5.80. The molecule has 0 aromatic heterocycles. The van der Waals surface area contributed by atoms with Gasteiger partial charge in [0.2, 0.25) is 0 Å². The van der Waals surface area contributed by atoms with Gasteiger partial charge in [0.05, 0.1) is 0 Å². The lowest BCUT2D eigenvalue weighted by Crippen LogP contribution is -2.49. The SMILES string of the molecule is CC(C)C1CC2(CCN(CCC(N)C(=O)O)CC2)C1.